The van der Waals surface area contributed by atoms with Gasteiger partial charge in [0.05, 0.1) is 12.8 Å². The van der Waals surface area contributed by atoms with Gasteiger partial charge < -0.3 is 9.30 Å². The Morgan fingerprint density at radius 3 is 2.10 bits per heavy atom. The van der Waals surface area contributed by atoms with Gasteiger partial charge in [0, 0.05) is 24.9 Å². The van der Waals surface area contributed by atoms with E-state index in [-0.39, 0.29) is 0 Å². The van der Waals surface area contributed by atoms with Crippen LogP contribution < -0.4 is 4.74 Å². The summed E-state index contributed by atoms with van der Waals surface area (Å²) in [5, 5.41) is 1.05. The molecule has 4 heteroatoms. The minimum atomic E-state index is 0.827. The van der Waals surface area contributed by atoms with E-state index in [1.807, 2.05) is 18.2 Å². The maximum absolute atomic E-state index is 5.25. The van der Waals surface area contributed by atoms with Crippen LogP contribution >= 0.6 is 11.8 Å². The summed E-state index contributed by atoms with van der Waals surface area (Å²) in [5.74, 6) is 1.76. The first kappa shape index (κ1) is 19.3. The molecular weight excluding hydrogens is 376 g/mol. The third-order valence-electron chi connectivity index (χ3n) is 4.74. The van der Waals surface area contributed by atoms with E-state index in [9.17, 15) is 0 Å². The Kier molecular flexibility index (Phi) is 6.32. The zero-order valence-electron chi connectivity index (χ0n) is 16.5. The van der Waals surface area contributed by atoms with Crippen LogP contribution in [0.4, 0.5) is 0 Å². The van der Waals surface area contributed by atoms with E-state index in [0.717, 1.165) is 35.3 Å². The second-order valence-electron chi connectivity index (χ2n) is 6.93. The molecular formula is C25H24N2OS. The molecule has 0 N–H and O–H groups in total. The molecule has 0 saturated heterocycles. The molecule has 3 nitrogen and oxygen atoms in total. The van der Waals surface area contributed by atoms with Gasteiger partial charge >= 0.3 is 0 Å². The van der Waals surface area contributed by atoms with E-state index in [4.69, 9.17) is 9.72 Å². The molecule has 0 amide bonds. The molecule has 29 heavy (non-hydrogen) atoms. The monoisotopic (exact) mass is 400 g/mol. The fourth-order valence-corrected chi connectivity index (χ4v) is 4.17. The van der Waals surface area contributed by atoms with Crippen molar-refractivity contribution in [3.8, 4) is 5.75 Å². The Hall–Kier alpha value is -2.98. The highest BCUT2D eigenvalue weighted by molar-refractivity contribution is 7.98. The lowest BCUT2D eigenvalue weighted by atomic mass is 10.1. The predicted molar refractivity (Wildman–Crippen MR) is 120 cm³/mol. The highest BCUT2D eigenvalue weighted by atomic mass is 32.2. The standard InChI is InChI=1S/C25H24N2OS/c1-28-24-14-12-22(13-15-24)19-29-25-26-23(16-20-8-4-2-5-9-20)18-27(25)17-21-10-6-3-7-11-21/h2-15,18H,16-17,19H2,1H3. The van der Waals surface area contributed by atoms with E-state index in [1.54, 1.807) is 18.9 Å². The topological polar surface area (TPSA) is 27.1 Å². The highest BCUT2D eigenvalue weighted by Crippen LogP contribution is 2.25. The number of hydrogen-bond donors (Lipinski definition) is 0. The summed E-state index contributed by atoms with van der Waals surface area (Å²) in [5.41, 5.74) is 4.92. The molecule has 0 saturated carbocycles. The lowest BCUT2D eigenvalue weighted by Gasteiger charge is -2.08. The third kappa shape index (κ3) is 5.30. The summed E-state index contributed by atoms with van der Waals surface area (Å²) in [6.07, 6.45) is 3.04. The van der Waals surface area contributed by atoms with Crippen molar-refractivity contribution < 1.29 is 4.74 Å². The second-order valence-corrected chi connectivity index (χ2v) is 7.87. The third-order valence-corrected chi connectivity index (χ3v) is 5.80. The summed E-state index contributed by atoms with van der Waals surface area (Å²) in [6, 6.07) is 29.3. The van der Waals surface area contributed by atoms with Crippen LogP contribution in [-0.2, 0) is 18.7 Å². The molecule has 0 aliphatic rings. The van der Waals surface area contributed by atoms with E-state index < -0.39 is 0 Å². The average molecular weight is 401 g/mol. The van der Waals surface area contributed by atoms with Crippen LogP contribution in [0.5, 0.6) is 5.75 Å². The zero-order chi connectivity index (χ0) is 19.9. The number of benzene rings is 3. The van der Waals surface area contributed by atoms with E-state index >= 15 is 0 Å². The molecule has 0 atom stereocenters. The SMILES string of the molecule is COc1ccc(CSc2nc(Cc3ccccc3)cn2Cc2ccccc2)cc1. The molecule has 0 unspecified atom stereocenters. The largest absolute Gasteiger partial charge is 0.497 e. The lowest BCUT2D eigenvalue weighted by molar-refractivity contribution is 0.414. The Morgan fingerprint density at radius 2 is 1.45 bits per heavy atom. The molecule has 4 rings (SSSR count). The number of thioether (sulfide) groups is 1. The lowest BCUT2D eigenvalue weighted by Crippen LogP contribution is -2.00. The minimum absolute atomic E-state index is 0.827. The average Bonchev–Trinajstić information content (AvgIpc) is 3.15. The summed E-state index contributed by atoms with van der Waals surface area (Å²) in [4.78, 5) is 4.95. The van der Waals surface area contributed by atoms with Crippen molar-refractivity contribution in [2.45, 2.75) is 23.9 Å². The van der Waals surface area contributed by atoms with Crippen molar-refractivity contribution in [2.24, 2.45) is 0 Å². The Morgan fingerprint density at radius 1 is 0.793 bits per heavy atom. The number of imidazole rings is 1. The number of hydrogen-bond acceptors (Lipinski definition) is 3. The fraction of sp³-hybridized carbons (Fsp3) is 0.160. The summed E-state index contributed by atoms with van der Waals surface area (Å²) in [7, 11) is 1.69. The predicted octanol–water partition coefficient (Wildman–Crippen LogP) is 5.82. The molecule has 0 aliphatic heterocycles. The van der Waals surface area contributed by atoms with Gasteiger partial charge in [0.1, 0.15) is 5.75 Å². The molecule has 1 heterocycles. The number of ether oxygens (including phenoxy) is 1. The molecule has 0 fully saturated rings. The van der Waals surface area contributed by atoms with Crippen LogP contribution in [0.1, 0.15) is 22.4 Å². The molecule has 0 spiro atoms. The van der Waals surface area contributed by atoms with Gasteiger partial charge in [0.2, 0.25) is 0 Å². The summed E-state index contributed by atoms with van der Waals surface area (Å²) in [6.45, 7) is 0.827. The van der Waals surface area contributed by atoms with Gasteiger partial charge in [-0.3, -0.25) is 0 Å². The van der Waals surface area contributed by atoms with Crippen LogP contribution in [0.15, 0.2) is 96.3 Å². The van der Waals surface area contributed by atoms with Gasteiger partial charge in [0.25, 0.3) is 0 Å². The zero-order valence-corrected chi connectivity index (χ0v) is 17.3. The smallest absolute Gasteiger partial charge is 0.168 e. The van der Waals surface area contributed by atoms with Gasteiger partial charge in [-0.25, -0.2) is 4.98 Å². The first-order valence-corrected chi connectivity index (χ1v) is 10.7. The van der Waals surface area contributed by atoms with Crippen molar-refractivity contribution in [1.82, 2.24) is 9.55 Å². The highest BCUT2D eigenvalue weighted by Gasteiger charge is 2.10. The molecule has 0 bridgehead atoms. The van der Waals surface area contributed by atoms with Crippen LogP contribution in [0.2, 0.25) is 0 Å². The van der Waals surface area contributed by atoms with Crippen molar-refractivity contribution in [2.75, 3.05) is 7.11 Å². The van der Waals surface area contributed by atoms with Crippen LogP contribution in [-0.4, -0.2) is 16.7 Å². The molecule has 4 aromatic rings. The number of rotatable bonds is 8. The second kappa shape index (κ2) is 9.48. The van der Waals surface area contributed by atoms with E-state index in [2.05, 4.69) is 77.5 Å². The molecule has 0 radical (unpaired) electrons. The van der Waals surface area contributed by atoms with Crippen LogP contribution in [0, 0.1) is 0 Å². The van der Waals surface area contributed by atoms with Gasteiger partial charge in [-0.2, -0.15) is 0 Å². The first-order chi connectivity index (χ1) is 14.3. The van der Waals surface area contributed by atoms with E-state index in [0.29, 0.717) is 0 Å². The number of methoxy groups -OCH3 is 1. The Labute approximate surface area is 176 Å². The van der Waals surface area contributed by atoms with Crippen molar-refractivity contribution in [3.05, 3.63) is 114 Å². The number of nitrogens with zero attached hydrogens (tertiary/aromatic N) is 2. The first-order valence-electron chi connectivity index (χ1n) is 9.70. The molecule has 0 aliphatic carbocycles. The van der Waals surface area contributed by atoms with Gasteiger partial charge in [0.15, 0.2) is 5.16 Å². The van der Waals surface area contributed by atoms with Gasteiger partial charge in [-0.15, -0.1) is 0 Å². The molecule has 3 aromatic carbocycles. The quantitative estimate of drug-likeness (QED) is 0.349. The summed E-state index contributed by atoms with van der Waals surface area (Å²) < 4.78 is 7.52. The Bertz CT molecular complexity index is 1030. The van der Waals surface area contributed by atoms with Crippen LogP contribution in [0.3, 0.4) is 0 Å². The Balaban J connectivity index is 1.53. The minimum Gasteiger partial charge on any atom is -0.497 e. The maximum Gasteiger partial charge on any atom is 0.168 e. The van der Waals surface area contributed by atoms with E-state index in [1.165, 1.54) is 16.7 Å². The maximum atomic E-state index is 5.25. The van der Waals surface area contributed by atoms with Gasteiger partial charge in [-0.05, 0) is 28.8 Å². The van der Waals surface area contributed by atoms with Gasteiger partial charge in [-0.1, -0.05) is 84.6 Å². The number of aromatic nitrogens is 2. The summed E-state index contributed by atoms with van der Waals surface area (Å²) >= 11 is 1.78. The molecule has 146 valence electrons. The fourth-order valence-electron chi connectivity index (χ4n) is 3.22. The normalized spacial score (nSPS) is 10.8. The van der Waals surface area contributed by atoms with Crippen molar-refractivity contribution in [1.29, 1.82) is 0 Å². The van der Waals surface area contributed by atoms with Crippen molar-refractivity contribution >= 4 is 11.8 Å². The van der Waals surface area contributed by atoms with Crippen LogP contribution in [0.25, 0.3) is 0 Å². The van der Waals surface area contributed by atoms with Crippen molar-refractivity contribution in [3.63, 3.8) is 0 Å². The molecule has 1 aromatic heterocycles.